The van der Waals surface area contributed by atoms with Gasteiger partial charge >= 0.3 is 18.0 Å². The number of urea groups is 1. The van der Waals surface area contributed by atoms with E-state index in [0.717, 1.165) is 19.1 Å². The minimum Gasteiger partial charge on any atom is -0.479 e. The molecule has 3 fully saturated rings. The monoisotopic (exact) mass is 619 g/mol. The second-order valence-electron chi connectivity index (χ2n) is 12.6. The van der Waals surface area contributed by atoms with E-state index in [-0.39, 0.29) is 29.8 Å². The van der Waals surface area contributed by atoms with Crippen molar-refractivity contribution >= 4 is 35.6 Å². The molecule has 42 heavy (non-hydrogen) atoms. The van der Waals surface area contributed by atoms with Crippen LogP contribution in [-0.2, 0) is 23.9 Å². The zero-order chi connectivity index (χ0) is 31.9. The molecular formula is C27H45N3O11S. The van der Waals surface area contributed by atoms with Crippen LogP contribution in [0.25, 0.3) is 0 Å². The molecular weight excluding hydrogens is 574 g/mol. The minimum absolute atomic E-state index is 0.0185. The van der Waals surface area contributed by atoms with E-state index in [0.29, 0.717) is 12.8 Å². The molecule has 0 saturated carbocycles. The molecule has 3 aliphatic rings. The van der Waals surface area contributed by atoms with Crippen LogP contribution < -0.4 is 16.0 Å². The number of amides is 3. The fourth-order valence-electron chi connectivity index (χ4n) is 6.61. The number of carbonyl (C=O) groups is 4. The molecule has 0 radical (unpaired) electrons. The predicted octanol–water partition coefficient (Wildman–Crippen LogP) is -0.746. The Labute approximate surface area is 249 Å². The SMILES string of the molecule is CC(=O)N[C@@]1(C)C(C)(C(O)C(O)CO)O[C@@](COC(=O)CCCCC2SC[C@@H]3NC(=O)N[C@H]23)(C(=O)O)C(C)(C)C1(C)O. The normalized spacial score (nSPS) is 38.5. The van der Waals surface area contributed by atoms with Crippen LogP contribution in [-0.4, -0.2) is 120 Å². The van der Waals surface area contributed by atoms with E-state index >= 15 is 0 Å². The molecule has 240 valence electrons. The lowest BCUT2D eigenvalue weighted by molar-refractivity contribution is -0.364. The summed E-state index contributed by atoms with van der Waals surface area (Å²) >= 11 is 1.76. The summed E-state index contributed by atoms with van der Waals surface area (Å²) in [5.74, 6) is -2.13. The van der Waals surface area contributed by atoms with E-state index in [1.54, 1.807) is 11.8 Å². The molecule has 0 bridgehead atoms. The summed E-state index contributed by atoms with van der Waals surface area (Å²) < 4.78 is 11.6. The van der Waals surface area contributed by atoms with Gasteiger partial charge < -0.3 is 51.0 Å². The van der Waals surface area contributed by atoms with E-state index in [1.165, 1.54) is 34.6 Å². The van der Waals surface area contributed by atoms with E-state index < -0.39 is 71.0 Å². The number of thioether (sulfide) groups is 1. The highest BCUT2D eigenvalue weighted by Gasteiger charge is 2.78. The van der Waals surface area contributed by atoms with Crippen LogP contribution in [0.3, 0.4) is 0 Å². The Morgan fingerprint density at radius 1 is 1.14 bits per heavy atom. The van der Waals surface area contributed by atoms with E-state index in [1.807, 2.05) is 0 Å². The molecule has 3 amide bonds. The number of aliphatic hydroxyl groups is 4. The third-order valence-corrected chi connectivity index (χ3v) is 11.5. The van der Waals surface area contributed by atoms with Gasteiger partial charge in [-0.05, 0) is 33.6 Å². The Bertz CT molecular complexity index is 1070. The van der Waals surface area contributed by atoms with Crippen molar-refractivity contribution in [1.82, 2.24) is 16.0 Å². The maximum absolute atomic E-state index is 13.0. The molecule has 3 heterocycles. The molecule has 3 aliphatic heterocycles. The molecule has 0 aliphatic carbocycles. The number of nitrogens with one attached hydrogen (secondary N) is 3. The van der Waals surface area contributed by atoms with Crippen LogP contribution in [0, 0.1) is 5.41 Å². The first-order valence-electron chi connectivity index (χ1n) is 14.1. The summed E-state index contributed by atoms with van der Waals surface area (Å²) in [5, 5.41) is 62.2. The van der Waals surface area contributed by atoms with Gasteiger partial charge in [0.15, 0.2) is 0 Å². The van der Waals surface area contributed by atoms with Gasteiger partial charge in [0.1, 0.15) is 24.4 Å². The largest absolute Gasteiger partial charge is 0.479 e. The van der Waals surface area contributed by atoms with Gasteiger partial charge in [0.05, 0.1) is 29.8 Å². The molecule has 0 aromatic rings. The van der Waals surface area contributed by atoms with Crippen molar-refractivity contribution in [3.63, 3.8) is 0 Å². The number of carbonyl (C=O) groups excluding carboxylic acids is 3. The van der Waals surface area contributed by atoms with Gasteiger partial charge in [-0.1, -0.05) is 20.3 Å². The lowest BCUT2D eigenvalue weighted by Gasteiger charge is -2.69. The summed E-state index contributed by atoms with van der Waals surface area (Å²) in [6.07, 6.45) is -1.96. The summed E-state index contributed by atoms with van der Waals surface area (Å²) in [7, 11) is 0. The topological polar surface area (TPSA) is 224 Å². The van der Waals surface area contributed by atoms with E-state index in [4.69, 9.17) is 9.47 Å². The fraction of sp³-hybridized carbons (Fsp3) is 0.852. The van der Waals surface area contributed by atoms with Gasteiger partial charge in [0.2, 0.25) is 11.5 Å². The maximum Gasteiger partial charge on any atom is 0.340 e. The van der Waals surface area contributed by atoms with Crippen LogP contribution in [0.2, 0.25) is 0 Å². The quantitative estimate of drug-likeness (QED) is 0.0768. The number of aliphatic hydroxyl groups excluding tert-OH is 3. The van der Waals surface area contributed by atoms with Crippen molar-refractivity contribution in [3.8, 4) is 0 Å². The Hall–Kier alpha value is -2.17. The first-order chi connectivity index (χ1) is 19.3. The maximum atomic E-state index is 13.0. The molecule has 0 spiro atoms. The number of rotatable bonds is 12. The average molecular weight is 620 g/mol. The molecule has 0 aromatic carbocycles. The third-order valence-electron chi connectivity index (χ3n) is 9.96. The molecule has 0 aromatic heterocycles. The van der Waals surface area contributed by atoms with Gasteiger partial charge in [-0.25, -0.2) is 9.59 Å². The van der Waals surface area contributed by atoms with Crippen molar-refractivity contribution in [2.45, 2.75) is 119 Å². The van der Waals surface area contributed by atoms with Gasteiger partial charge in [-0.2, -0.15) is 11.8 Å². The Kier molecular flexibility index (Phi) is 9.87. The van der Waals surface area contributed by atoms with Crippen molar-refractivity contribution in [2.75, 3.05) is 19.0 Å². The van der Waals surface area contributed by atoms with Crippen LogP contribution in [0.4, 0.5) is 4.79 Å². The molecule has 5 unspecified atom stereocenters. The highest BCUT2D eigenvalue weighted by molar-refractivity contribution is 8.00. The van der Waals surface area contributed by atoms with Crippen molar-refractivity contribution in [2.24, 2.45) is 5.41 Å². The number of carboxylic acids is 1. The molecule has 14 nitrogen and oxygen atoms in total. The summed E-state index contributed by atoms with van der Waals surface area (Å²) in [6.45, 7) is 5.98. The Morgan fingerprint density at radius 2 is 1.79 bits per heavy atom. The number of hydrogen-bond acceptors (Lipinski definition) is 11. The van der Waals surface area contributed by atoms with Gasteiger partial charge in [-0.15, -0.1) is 0 Å². The number of unbranched alkanes of at least 4 members (excludes halogenated alkanes) is 1. The zero-order valence-electron chi connectivity index (χ0n) is 24.9. The number of fused-ring (bicyclic) bond motifs is 1. The van der Waals surface area contributed by atoms with Crippen LogP contribution in [0.5, 0.6) is 0 Å². The van der Waals surface area contributed by atoms with Crippen molar-refractivity contribution < 1.29 is 54.2 Å². The van der Waals surface area contributed by atoms with Crippen LogP contribution in [0.1, 0.15) is 67.2 Å². The first kappa shape index (κ1) is 34.3. The standard InChI is InChI=1S/C27H45N3O11S/c1-14(32)30-25(5)24(4,20(35)16(33)11-31)41-27(21(36)37,23(2,3)26(25,6)39)13-40-18(34)10-8-7-9-17-19-15(12-42-17)28-22(38)29-19/h15-17,19-20,31,33,35,39H,7-13H2,1-6H3,(H,30,32)(H,36,37)(H2,28,29,38)/t15-,16?,17?,19-,20?,24?,25-,26?,27-/m0/s1. The molecule has 9 atom stereocenters. The highest BCUT2D eigenvalue weighted by atomic mass is 32.2. The van der Waals surface area contributed by atoms with Gasteiger partial charge in [-0.3, -0.25) is 9.59 Å². The third kappa shape index (κ3) is 5.47. The second kappa shape index (κ2) is 12.1. The summed E-state index contributed by atoms with van der Waals surface area (Å²) in [5.41, 5.74) is -10.5. The zero-order valence-corrected chi connectivity index (χ0v) is 25.7. The predicted molar refractivity (Wildman–Crippen MR) is 150 cm³/mol. The number of esters is 1. The lowest BCUT2D eigenvalue weighted by Crippen LogP contribution is -2.89. The molecule has 3 saturated heterocycles. The van der Waals surface area contributed by atoms with Crippen molar-refractivity contribution in [3.05, 3.63) is 0 Å². The van der Waals surface area contributed by atoms with Crippen LogP contribution >= 0.6 is 11.8 Å². The van der Waals surface area contributed by atoms with Crippen LogP contribution in [0.15, 0.2) is 0 Å². The van der Waals surface area contributed by atoms with Gasteiger partial charge in [0, 0.05) is 29.8 Å². The molecule has 8 N–H and O–H groups in total. The number of hydrogen-bond donors (Lipinski definition) is 8. The van der Waals surface area contributed by atoms with E-state index in [9.17, 15) is 44.7 Å². The van der Waals surface area contributed by atoms with E-state index in [2.05, 4.69) is 16.0 Å². The van der Waals surface area contributed by atoms with Crippen molar-refractivity contribution in [1.29, 1.82) is 0 Å². The summed E-state index contributed by atoms with van der Waals surface area (Å²) in [6, 6.07) is -0.0404. The molecule has 3 rings (SSSR count). The second-order valence-corrected chi connectivity index (χ2v) is 13.8. The highest BCUT2D eigenvalue weighted by Crippen LogP contribution is 2.59. The Morgan fingerprint density at radius 3 is 2.36 bits per heavy atom. The summed E-state index contributed by atoms with van der Waals surface area (Å²) in [4.78, 5) is 49.6. The number of aliphatic carboxylic acids is 1. The minimum atomic E-state index is -2.46. The first-order valence-corrected chi connectivity index (χ1v) is 15.1. The number of ether oxygens (including phenoxy) is 2. The lowest BCUT2D eigenvalue weighted by atomic mass is 9.50. The van der Waals surface area contributed by atoms with Gasteiger partial charge in [0.25, 0.3) is 0 Å². The molecule has 15 heteroatoms. The fourth-order valence-corrected chi connectivity index (χ4v) is 8.15. The average Bonchev–Trinajstić information content (AvgIpc) is 3.45. The smallest absolute Gasteiger partial charge is 0.340 e. The Balaban J connectivity index is 1.79. The number of carboxylic acid groups (broad SMARTS) is 1.